The Bertz CT molecular complexity index is 596. The summed E-state index contributed by atoms with van der Waals surface area (Å²) >= 11 is 0. The lowest BCUT2D eigenvalue weighted by Crippen LogP contribution is -2.11. The molecule has 2 rings (SSSR count). The van der Waals surface area contributed by atoms with Gasteiger partial charge in [0.1, 0.15) is 5.82 Å². The van der Waals surface area contributed by atoms with Gasteiger partial charge in [-0.3, -0.25) is 4.98 Å². The first-order valence-corrected chi connectivity index (χ1v) is 5.91. The van der Waals surface area contributed by atoms with E-state index in [4.69, 9.17) is 11.5 Å². The Morgan fingerprint density at radius 2 is 1.89 bits per heavy atom. The van der Waals surface area contributed by atoms with E-state index in [-0.39, 0.29) is 5.82 Å². The van der Waals surface area contributed by atoms with E-state index in [0.717, 1.165) is 5.56 Å². The van der Waals surface area contributed by atoms with Crippen LogP contribution >= 0.6 is 0 Å². The third-order valence-electron chi connectivity index (χ3n) is 2.79. The molecule has 0 unspecified atom stereocenters. The second-order valence-electron chi connectivity index (χ2n) is 4.78. The van der Waals surface area contributed by atoms with E-state index in [1.54, 1.807) is 6.20 Å². The second-order valence-corrected chi connectivity index (χ2v) is 4.78. The minimum absolute atomic E-state index is 0.295. The molecule has 0 aliphatic carbocycles. The van der Waals surface area contributed by atoms with Crippen LogP contribution in [0.15, 0.2) is 30.6 Å². The van der Waals surface area contributed by atoms with Crippen LogP contribution in [0.3, 0.4) is 0 Å². The smallest absolute Gasteiger partial charge is 0.124 e. The van der Waals surface area contributed by atoms with Gasteiger partial charge in [-0.1, -0.05) is 0 Å². The van der Waals surface area contributed by atoms with Crippen molar-refractivity contribution in [1.29, 1.82) is 0 Å². The average Bonchev–Trinajstić information content (AvgIpc) is 2.31. The molecule has 0 aliphatic heterocycles. The Hall–Kier alpha value is -2.14. The van der Waals surface area contributed by atoms with Gasteiger partial charge in [-0.15, -0.1) is 0 Å². The van der Waals surface area contributed by atoms with Gasteiger partial charge in [0.15, 0.2) is 0 Å². The predicted molar refractivity (Wildman–Crippen MR) is 75.8 cm³/mol. The van der Waals surface area contributed by atoms with E-state index in [1.165, 1.54) is 18.3 Å². The highest BCUT2D eigenvalue weighted by Gasteiger charge is 2.09. The molecule has 0 radical (unpaired) electrons. The van der Waals surface area contributed by atoms with Crippen LogP contribution in [0.5, 0.6) is 0 Å². The van der Waals surface area contributed by atoms with Crippen molar-refractivity contribution in [2.75, 3.05) is 25.6 Å². The number of nitrogens with zero attached hydrogens (tertiary/aromatic N) is 2. The van der Waals surface area contributed by atoms with Crippen LogP contribution in [0.1, 0.15) is 5.56 Å². The van der Waals surface area contributed by atoms with Crippen molar-refractivity contribution in [2.45, 2.75) is 6.54 Å². The van der Waals surface area contributed by atoms with Crippen LogP contribution in [0.4, 0.5) is 15.8 Å². The molecule has 19 heavy (non-hydrogen) atoms. The first kappa shape index (κ1) is 13.3. The molecule has 1 aromatic carbocycles. The summed E-state index contributed by atoms with van der Waals surface area (Å²) in [6, 6.07) is 4.85. The van der Waals surface area contributed by atoms with Crippen LogP contribution in [0, 0.1) is 5.82 Å². The molecule has 0 fully saturated rings. The van der Waals surface area contributed by atoms with Gasteiger partial charge >= 0.3 is 0 Å². The number of benzene rings is 1. The van der Waals surface area contributed by atoms with Crippen molar-refractivity contribution >= 4 is 11.4 Å². The van der Waals surface area contributed by atoms with E-state index < -0.39 is 0 Å². The minimum atomic E-state index is -0.295. The third-order valence-corrected chi connectivity index (χ3v) is 2.79. The Morgan fingerprint density at radius 1 is 1.16 bits per heavy atom. The fourth-order valence-corrected chi connectivity index (χ4v) is 1.98. The number of nitrogen functional groups attached to an aromatic ring is 2. The Morgan fingerprint density at radius 3 is 2.58 bits per heavy atom. The van der Waals surface area contributed by atoms with Crippen LogP contribution < -0.4 is 11.5 Å². The summed E-state index contributed by atoms with van der Waals surface area (Å²) in [7, 11) is 3.86. The summed E-state index contributed by atoms with van der Waals surface area (Å²) in [5.41, 5.74) is 14.7. The summed E-state index contributed by atoms with van der Waals surface area (Å²) in [5, 5.41) is 0. The summed E-state index contributed by atoms with van der Waals surface area (Å²) in [6.07, 6.45) is 3.08. The summed E-state index contributed by atoms with van der Waals surface area (Å²) in [5.74, 6) is -0.295. The highest BCUT2D eigenvalue weighted by Crippen LogP contribution is 2.30. The van der Waals surface area contributed by atoms with Gasteiger partial charge in [0, 0.05) is 18.3 Å². The molecule has 1 aromatic heterocycles. The molecule has 5 heteroatoms. The van der Waals surface area contributed by atoms with Gasteiger partial charge in [0.05, 0.1) is 17.6 Å². The molecule has 0 bridgehead atoms. The number of aromatic nitrogens is 1. The van der Waals surface area contributed by atoms with Gasteiger partial charge in [0.25, 0.3) is 0 Å². The van der Waals surface area contributed by atoms with Crippen LogP contribution in [-0.4, -0.2) is 24.0 Å². The van der Waals surface area contributed by atoms with Gasteiger partial charge in [-0.2, -0.15) is 0 Å². The first-order chi connectivity index (χ1) is 8.97. The summed E-state index contributed by atoms with van der Waals surface area (Å²) in [4.78, 5) is 5.98. The zero-order chi connectivity index (χ0) is 14.0. The molecule has 1 heterocycles. The Labute approximate surface area is 111 Å². The maximum absolute atomic E-state index is 13.7. The third kappa shape index (κ3) is 3.00. The summed E-state index contributed by atoms with van der Waals surface area (Å²) in [6.45, 7) is 0.653. The largest absolute Gasteiger partial charge is 0.396 e. The lowest BCUT2D eigenvalue weighted by molar-refractivity contribution is 0.401. The molecule has 4 nitrogen and oxygen atoms in total. The average molecular weight is 260 g/mol. The number of rotatable bonds is 3. The van der Waals surface area contributed by atoms with Crippen molar-refractivity contribution in [3.63, 3.8) is 0 Å². The van der Waals surface area contributed by atoms with Crippen molar-refractivity contribution < 1.29 is 4.39 Å². The van der Waals surface area contributed by atoms with E-state index >= 15 is 0 Å². The van der Waals surface area contributed by atoms with E-state index in [0.29, 0.717) is 29.0 Å². The number of nitrogens with two attached hydrogens (primary N) is 2. The molecule has 0 aliphatic rings. The fraction of sp³-hybridized carbons (Fsp3) is 0.214. The lowest BCUT2D eigenvalue weighted by Gasteiger charge is -2.13. The first-order valence-electron chi connectivity index (χ1n) is 5.91. The zero-order valence-electron chi connectivity index (χ0n) is 11.0. The van der Waals surface area contributed by atoms with Crippen LogP contribution in [0.25, 0.3) is 11.1 Å². The van der Waals surface area contributed by atoms with Crippen molar-refractivity contribution in [1.82, 2.24) is 9.88 Å². The SMILES string of the molecule is CN(C)Cc1cc(F)cc(-c2cncc(N)c2N)c1. The topological polar surface area (TPSA) is 68.2 Å². The van der Waals surface area contributed by atoms with Crippen LogP contribution in [0.2, 0.25) is 0 Å². The highest BCUT2D eigenvalue weighted by molar-refractivity contribution is 5.83. The second kappa shape index (κ2) is 5.24. The number of hydrogen-bond donors (Lipinski definition) is 2. The standard InChI is InChI=1S/C14H17FN4/c1-19(2)8-9-3-10(5-11(15)4-9)12-6-18-7-13(16)14(12)17/h3-7H,8,16H2,1-2H3,(H2,17,18). The maximum Gasteiger partial charge on any atom is 0.124 e. The molecule has 4 N–H and O–H groups in total. The molecule has 0 atom stereocenters. The molecular formula is C14H17FN4. The quantitative estimate of drug-likeness (QED) is 0.887. The normalized spacial score (nSPS) is 10.9. The highest BCUT2D eigenvalue weighted by atomic mass is 19.1. The van der Waals surface area contributed by atoms with Crippen molar-refractivity contribution in [3.05, 3.63) is 42.0 Å². The molecule has 0 saturated carbocycles. The van der Waals surface area contributed by atoms with Crippen molar-refractivity contribution in [3.8, 4) is 11.1 Å². The molecule has 0 amide bonds. The van der Waals surface area contributed by atoms with Gasteiger partial charge in [-0.25, -0.2) is 4.39 Å². The van der Waals surface area contributed by atoms with Gasteiger partial charge in [0.2, 0.25) is 0 Å². The molecule has 2 aromatic rings. The summed E-state index contributed by atoms with van der Waals surface area (Å²) < 4.78 is 13.7. The monoisotopic (exact) mass is 260 g/mol. The van der Waals surface area contributed by atoms with Gasteiger partial charge in [-0.05, 0) is 43.4 Å². The lowest BCUT2D eigenvalue weighted by atomic mass is 10.0. The number of hydrogen-bond acceptors (Lipinski definition) is 4. The number of pyridine rings is 1. The number of anilines is 2. The van der Waals surface area contributed by atoms with Crippen molar-refractivity contribution in [2.24, 2.45) is 0 Å². The Balaban J connectivity index is 2.50. The van der Waals surface area contributed by atoms with Crippen LogP contribution in [-0.2, 0) is 6.54 Å². The fourth-order valence-electron chi connectivity index (χ4n) is 1.98. The molecule has 100 valence electrons. The zero-order valence-corrected chi connectivity index (χ0v) is 11.0. The minimum Gasteiger partial charge on any atom is -0.396 e. The molecule has 0 spiro atoms. The number of halogens is 1. The maximum atomic E-state index is 13.7. The van der Waals surface area contributed by atoms with E-state index in [2.05, 4.69) is 4.98 Å². The molecule has 0 saturated heterocycles. The van der Waals surface area contributed by atoms with E-state index in [1.807, 2.05) is 25.1 Å². The Kier molecular flexibility index (Phi) is 3.66. The molecular weight excluding hydrogens is 243 g/mol. The van der Waals surface area contributed by atoms with Gasteiger partial charge < -0.3 is 16.4 Å². The van der Waals surface area contributed by atoms with E-state index in [9.17, 15) is 4.39 Å². The predicted octanol–water partition coefficient (Wildman–Crippen LogP) is 2.11.